The van der Waals surface area contributed by atoms with Crippen molar-refractivity contribution in [2.75, 3.05) is 13.4 Å². The molecule has 35 heavy (non-hydrogen) atoms. The summed E-state index contributed by atoms with van der Waals surface area (Å²) in [6.07, 6.45) is 1.63. The number of carbonyl (C=O) groups excluding carboxylic acids is 1. The van der Waals surface area contributed by atoms with Gasteiger partial charge in [0.05, 0.1) is 32.0 Å². The van der Waals surface area contributed by atoms with E-state index in [0.29, 0.717) is 41.2 Å². The van der Waals surface area contributed by atoms with E-state index in [1.165, 1.54) is 15.9 Å². The van der Waals surface area contributed by atoms with Gasteiger partial charge < -0.3 is 19.3 Å². The second kappa shape index (κ2) is 9.43. The SMILES string of the molecule is CCOC(=O)C1=C(C)N=c2s/c(=C/c3cc(Br)cc(I)c3O)c(=O)n2[C@H]1c1ccc2c(c1)OCO2. The summed E-state index contributed by atoms with van der Waals surface area (Å²) in [5, 5.41) is 10.5. The molecule has 2 aliphatic rings. The number of carbonyl (C=O) groups is 1. The zero-order valence-corrected chi connectivity index (χ0v) is 23.1. The molecule has 1 N–H and O–H groups in total. The van der Waals surface area contributed by atoms with Gasteiger partial charge in [-0.3, -0.25) is 9.36 Å². The molecule has 0 saturated heterocycles. The van der Waals surface area contributed by atoms with Gasteiger partial charge in [0.2, 0.25) is 6.79 Å². The minimum absolute atomic E-state index is 0.0790. The molecule has 0 amide bonds. The van der Waals surface area contributed by atoms with E-state index in [1.54, 1.807) is 50.3 Å². The maximum Gasteiger partial charge on any atom is 0.338 e. The van der Waals surface area contributed by atoms with Crippen LogP contribution in [0.3, 0.4) is 0 Å². The summed E-state index contributed by atoms with van der Waals surface area (Å²) >= 11 is 6.65. The van der Waals surface area contributed by atoms with Gasteiger partial charge >= 0.3 is 5.97 Å². The number of allylic oxidation sites excluding steroid dienone is 1. The normalized spacial score (nSPS) is 16.8. The van der Waals surface area contributed by atoms with Gasteiger partial charge in [0.25, 0.3) is 5.56 Å². The maximum absolute atomic E-state index is 13.7. The standard InChI is InChI=1S/C24H18BrIN2O6S/c1-3-32-23(31)19-11(2)27-24-28(20(19)12-4-5-16-17(7-12)34-10-33-16)22(30)18(35-24)8-13-6-14(25)9-15(26)21(13)29/h4-9,20,29H,3,10H2,1-2H3/b18-8+/t20-/m0/s1. The summed E-state index contributed by atoms with van der Waals surface area (Å²) in [4.78, 5) is 31.7. The summed E-state index contributed by atoms with van der Waals surface area (Å²) in [6.45, 7) is 3.75. The Morgan fingerprint density at radius 1 is 1.34 bits per heavy atom. The van der Waals surface area contributed by atoms with Crippen LogP contribution in [0, 0.1) is 3.57 Å². The molecule has 1 aromatic heterocycles. The molecule has 5 rings (SSSR count). The van der Waals surface area contributed by atoms with E-state index < -0.39 is 12.0 Å². The molecule has 0 unspecified atom stereocenters. The van der Waals surface area contributed by atoms with Crippen LogP contribution in [0.15, 0.2) is 55.9 Å². The summed E-state index contributed by atoms with van der Waals surface area (Å²) in [5.74, 6) is 0.677. The summed E-state index contributed by atoms with van der Waals surface area (Å²) in [5.41, 5.74) is 1.58. The molecule has 8 nitrogen and oxygen atoms in total. The second-order valence-electron chi connectivity index (χ2n) is 7.74. The lowest BCUT2D eigenvalue weighted by atomic mass is 9.95. The number of aromatic hydroxyl groups is 1. The van der Waals surface area contributed by atoms with Gasteiger partial charge in [0, 0.05) is 10.0 Å². The number of hydrogen-bond donors (Lipinski definition) is 1. The van der Waals surface area contributed by atoms with Gasteiger partial charge in [0.1, 0.15) is 5.75 Å². The Balaban J connectivity index is 1.75. The lowest BCUT2D eigenvalue weighted by Gasteiger charge is -2.24. The molecule has 2 aliphatic heterocycles. The van der Waals surface area contributed by atoms with Crippen molar-refractivity contribution in [3.05, 3.63) is 80.5 Å². The van der Waals surface area contributed by atoms with Gasteiger partial charge in [-0.25, -0.2) is 9.79 Å². The predicted molar refractivity (Wildman–Crippen MR) is 141 cm³/mol. The highest BCUT2D eigenvalue weighted by Gasteiger charge is 2.34. The van der Waals surface area contributed by atoms with Gasteiger partial charge in [-0.05, 0) is 72.3 Å². The fraction of sp³-hybridized carbons (Fsp3) is 0.208. The Morgan fingerprint density at radius 2 is 2.11 bits per heavy atom. The van der Waals surface area contributed by atoms with Crippen LogP contribution < -0.4 is 24.4 Å². The highest BCUT2D eigenvalue weighted by Crippen LogP contribution is 2.38. The number of ether oxygens (including phenoxy) is 3. The van der Waals surface area contributed by atoms with Crippen molar-refractivity contribution in [2.24, 2.45) is 4.99 Å². The van der Waals surface area contributed by atoms with E-state index in [9.17, 15) is 14.7 Å². The van der Waals surface area contributed by atoms with E-state index in [4.69, 9.17) is 14.2 Å². The molecule has 3 aromatic rings. The molecule has 2 aromatic carbocycles. The topological polar surface area (TPSA) is 99.4 Å². The van der Waals surface area contributed by atoms with Crippen LogP contribution in [0.5, 0.6) is 17.2 Å². The third-order valence-corrected chi connectivity index (χ3v) is 7.84. The Hall–Kier alpha value is -2.64. The first kappa shape index (κ1) is 24.1. The number of hydrogen-bond acceptors (Lipinski definition) is 8. The molecule has 0 aliphatic carbocycles. The molecule has 180 valence electrons. The Morgan fingerprint density at radius 3 is 2.89 bits per heavy atom. The molecule has 0 fully saturated rings. The number of thiazole rings is 1. The zero-order valence-electron chi connectivity index (χ0n) is 18.5. The summed E-state index contributed by atoms with van der Waals surface area (Å²) < 4.78 is 19.6. The van der Waals surface area contributed by atoms with Crippen molar-refractivity contribution in [1.82, 2.24) is 4.57 Å². The number of phenolic OH excluding ortho intramolecular Hbond substituents is 1. The van der Waals surface area contributed by atoms with Gasteiger partial charge in [-0.15, -0.1) is 0 Å². The number of fused-ring (bicyclic) bond motifs is 2. The van der Waals surface area contributed by atoms with E-state index in [2.05, 4.69) is 20.9 Å². The molecule has 0 radical (unpaired) electrons. The van der Waals surface area contributed by atoms with Crippen molar-refractivity contribution in [2.45, 2.75) is 19.9 Å². The number of halogens is 2. The van der Waals surface area contributed by atoms with Gasteiger partial charge in [0.15, 0.2) is 16.3 Å². The lowest BCUT2D eigenvalue weighted by Crippen LogP contribution is -2.39. The largest absolute Gasteiger partial charge is 0.506 e. The number of aromatic nitrogens is 1. The Bertz CT molecular complexity index is 1590. The monoisotopic (exact) mass is 668 g/mol. The first-order chi connectivity index (χ1) is 16.8. The molecule has 0 bridgehead atoms. The molecule has 0 saturated carbocycles. The fourth-order valence-corrected chi connectivity index (χ4v) is 6.62. The predicted octanol–water partition coefficient (Wildman–Crippen LogP) is 3.60. The average molecular weight is 669 g/mol. The molecule has 1 atom stereocenters. The minimum Gasteiger partial charge on any atom is -0.506 e. The number of esters is 1. The molecule has 0 spiro atoms. The minimum atomic E-state index is -0.766. The average Bonchev–Trinajstić information content (AvgIpc) is 3.40. The van der Waals surface area contributed by atoms with E-state index >= 15 is 0 Å². The van der Waals surface area contributed by atoms with Gasteiger partial charge in [-0.1, -0.05) is 33.3 Å². The van der Waals surface area contributed by atoms with Crippen LogP contribution in [-0.2, 0) is 9.53 Å². The van der Waals surface area contributed by atoms with Crippen molar-refractivity contribution < 1.29 is 24.1 Å². The number of nitrogens with zero attached hydrogens (tertiary/aromatic N) is 2. The van der Waals surface area contributed by atoms with Gasteiger partial charge in [-0.2, -0.15) is 0 Å². The van der Waals surface area contributed by atoms with Crippen LogP contribution in [0.2, 0.25) is 0 Å². The maximum atomic E-state index is 13.7. The smallest absolute Gasteiger partial charge is 0.338 e. The third kappa shape index (κ3) is 4.29. The van der Waals surface area contributed by atoms with Crippen LogP contribution in [0.4, 0.5) is 0 Å². The fourth-order valence-electron chi connectivity index (χ4n) is 4.03. The third-order valence-electron chi connectivity index (χ3n) is 5.57. The first-order valence-electron chi connectivity index (χ1n) is 10.6. The van der Waals surface area contributed by atoms with E-state index in [0.717, 1.165) is 4.47 Å². The van der Waals surface area contributed by atoms with Crippen molar-refractivity contribution in [3.8, 4) is 17.2 Å². The molecule has 11 heteroatoms. The zero-order chi connectivity index (χ0) is 24.9. The highest BCUT2D eigenvalue weighted by molar-refractivity contribution is 14.1. The lowest BCUT2D eigenvalue weighted by molar-refractivity contribution is -0.139. The number of rotatable bonds is 4. The summed E-state index contributed by atoms with van der Waals surface area (Å²) in [7, 11) is 0. The van der Waals surface area contributed by atoms with E-state index in [1.807, 2.05) is 22.6 Å². The second-order valence-corrected chi connectivity index (χ2v) is 10.8. The van der Waals surface area contributed by atoms with Crippen molar-refractivity contribution in [3.63, 3.8) is 0 Å². The molecular weight excluding hydrogens is 651 g/mol. The van der Waals surface area contributed by atoms with Crippen LogP contribution >= 0.6 is 49.9 Å². The van der Waals surface area contributed by atoms with E-state index in [-0.39, 0.29) is 30.3 Å². The Labute approximate surface area is 225 Å². The summed E-state index contributed by atoms with van der Waals surface area (Å²) in [6, 6.07) is 8.08. The van der Waals surface area contributed by atoms with Crippen LogP contribution in [0.25, 0.3) is 6.08 Å². The number of benzene rings is 2. The van der Waals surface area contributed by atoms with Crippen molar-refractivity contribution >= 4 is 61.9 Å². The van der Waals surface area contributed by atoms with Crippen LogP contribution in [0.1, 0.15) is 31.0 Å². The van der Waals surface area contributed by atoms with Crippen LogP contribution in [-0.4, -0.2) is 29.0 Å². The molecular formula is C24H18BrIN2O6S. The highest BCUT2D eigenvalue weighted by atomic mass is 127. The quantitative estimate of drug-likeness (QED) is 0.337. The Kier molecular flexibility index (Phi) is 6.49. The first-order valence-corrected chi connectivity index (χ1v) is 13.2. The number of phenols is 1. The molecule has 3 heterocycles. The van der Waals surface area contributed by atoms with Crippen molar-refractivity contribution in [1.29, 1.82) is 0 Å².